The molecule has 3 rings (SSSR count). The van der Waals surface area contributed by atoms with Crippen LogP contribution in [0.15, 0.2) is 27.7 Å². The van der Waals surface area contributed by atoms with Gasteiger partial charge < -0.3 is 4.42 Å². The summed E-state index contributed by atoms with van der Waals surface area (Å²) < 4.78 is 6.77. The van der Waals surface area contributed by atoms with Crippen molar-refractivity contribution in [2.24, 2.45) is 0 Å². The molecule has 2 aromatic heterocycles. The predicted molar refractivity (Wildman–Crippen MR) is 78.8 cm³/mol. The van der Waals surface area contributed by atoms with Crippen molar-refractivity contribution in [3.63, 3.8) is 0 Å². The Morgan fingerprint density at radius 2 is 2.00 bits per heavy atom. The van der Waals surface area contributed by atoms with Gasteiger partial charge >= 0.3 is 0 Å². The van der Waals surface area contributed by atoms with Crippen molar-refractivity contribution >= 4 is 34.1 Å². The van der Waals surface area contributed by atoms with E-state index >= 15 is 0 Å². The van der Waals surface area contributed by atoms with Crippen LogP contribution in [-0.4, -0.2) is 19.7 Å². The van der Waals surface area contributed by atoms with Crippen molar-refractivity contribution < 1.29 is 4.42 Å². The summed E-state index contributed by atoms with van der Waals surface area (Å²) in [6.07, 6.45) is 2.04. The zero-order valence-corrected chi connectivity index (χ0v) is 12.5. The lowest BCUT2D eigenvalue weighted by Gasteiger charge is -2.05. The summed E-state index contributed by atoms with van der Waals surface area (Å²) >= 11 is 12.0. The molecule has 0 bridgehead atoms. The van der Waals surface area contributed by atoms with Crippen molar-refractivity contribution in [1.29, 1.82) is 0 Å². The normalized spacial score (nSPS) is 11.2. The number of nitrogens with zero attached hydrogens (tertiary/aromatic N) is 4. The maximum absolute atomic E-state index is 12.4. The van der Waals surface area contributed by atoms with E-state index in [0.29, 0.717) is 39.2 Å². The Bertz CT molecular complexity index is 872. The fraction of sp³-hybridized carbons (Fsp3) is 0.231. The second kappa shape index (κ2) is 5.46. The second-order valence-electron chi connectivity index (χ2n) is 4.40. The van der Waals surface area contributed by atoms with Gasteiger partial charge in [-0.15, -0.1) is 10.2 Å². The minimum absolute atomic E-state index is 0.152. The number of aromatic nitrogens is 4. The second-order valence-corrected chi connectivity index (χ2v) is 5.25. The van der Waals surface area contributed by atoms with Gasteiger partial charge in [0.15, 0.2) is 0 Å². The Morgan fingerprint density at radius 3 is 2.71 bits per heavy atom. The SMILES string of the molecule is CCc1nnc(Cn2cnc3c(Cl)cc(Cl)cc3c2=O)o1. The molecule has 8 heteroatoms. The van der Waals surface area contributed by atoms with E-state index in [1.165, 1.54) is 10.9 Å². The van der Waals surface area contributed by atoms with Crippen LogP contribution in [0.2, 0.25) is 10.0 Å². The Labute approximate surface area is 129 Å². The number of hydrogen-bond donors (Lipinski definition) is 0. The first kappa shape index (κ1) is 14.0. The van der Waals surface area contributed by atoms with Crippen LogP contribution in [0.25, 0.3) is 10.9 Å². The fourth-order valence-corrected chi connectivity index (χ4v) is 2.49. The van der Waals surface area contributed by atoms with Crippen LogP contribution in [0.1, 0.15) is 18.7 Å². The van der Waals surface area contributed by atoms with Gasteiger partial charge in [-0.3, -0.25) is 9.36 Å². The van der Waals surface area contributed by atoms with E-state index in [2.05, 4.69) is 15.2 Å². The van der Waals surface area contributed by atoms with Crippen molar-refractivity contribution in [2.75, 3.05) is 0 Å². The minimum Gasteiger partial charge on any atom is -0.423 e. The minimum atomic E-state index is -0.263. The summed E-state index contributed by atoms with van der Waals surface area (Å²) in [6, 6.07) is 3.09. The fourth-order valence-electron chi connectivity index (χ4n) is 1.95. The number of aryl methyl sites for hydroxylation is 1. The molecule has 0 radical (unpaired) electrons. The Kier molecular flexibility index (Phi) is 3.65. The van der Waals surface area contributed by atoms with Crippen molar-refractivity contribution in [1.82, 2.24) is 19.7 Å². The highest BCUT2D eigenvalue weighted by atomic mass is 35.5. The molecule has 108 valence electrons. The van der Waals surface area contributed by atoms with Crippen LogP contribution in [0.3, 0.4) is 0 Å². The number of benzene rings is 1. The molecule has 1 aromatic carbocycles. The maximum atomic E-state index is 12.4. The monoisotopic (exact) mass is 324 g/mol. The van der Waals surface area contributed by atoms with E-state index in [9.17, 15) is 4.79 Å². The molecular formula is C13H10Cl2N4O2. The van der Waals surface area contributed by atoms with Crippen LogP contribution in [0.5, 0.6) is 0 Å². The van der Waals surface area contributed by atoms with Gasteiger partial charge in [0.2, 0.25) is 11.8 Å². The Morgan fingerprint density at radius 1 is 1.24 bits per heavy atom. The lowest BCUT2D eigenvalue weighted by molar-refractivity contribution is 0.439. The van der Waals surface area contributed by atoms with E-state index in [0.717, 1.165) is 0 Å². The Balaban J connectivity index is 2.07. The zero-order valence-electron chi connectivity index (χ0n) is 11.0. The summed E-state index contributed by atoms with van der Waals surface area (Å²) in [5, 5.41) is 8.82. The smallest absolute Gasteiger partial charge is 0.261 e. The Hall–Kier alpha value is -1.92. The van der Waals surface area contributed by atoms with Gasteiger partial charge in [0.05, 0.1) is 22.3 Å². The van der Waals surface area contributed by atoms with E-state index in [1.807, 2.05) is 6.92 Å². The highest BCUT2D eigenvalue weighted by molar-refractivity contribution is 6.38. The molecule has 0 unspecified atom stereocenters. The summed E-state index contributed by atoms with van der Waals surface area (Å²) in [4.78, 5) is 16.6. The predicted octanol–water partition coefficient (Wildman–Crippen LogP) is 2.70. The van der Waals surface area contributed by atoms with E-state index in [-0.39, 0.29) is 12.1 Å². The first-order chi connectivity index (χ1) is 10.1. The molecule has 2 heterocycles. The van der Waals surface area contributed by atoms with Crippen LogP contribution < -0.4 is 5.56 Å². The largest absolute Gasteiger partial charge is 0.423 e. The lowest BCUT2D eigenvalue weighted by Crippen LogP contribution is -2.21. The highest BCUT2D eigenvalue weighted by Crippen LogP contribution is 2.24. The van der Waals surface area contributed by atoms with Gasteiger partial charge in [-0.25, -0.2) is 4.98 Å². The van der Waals surface area contributed by atoms with Gasteiger partial charge in [-0.05, 0) is 12.1 Å². The molecule has 3 aromatic rings. The van der Waals surface area contributed by atoms with Crippen molar-refractivity contribution in [3.05, 3.63) is 50.6 Å². The first-order valence-electron chi connectivity index (χ1n) is 6.24. The van der Waals surface area contributed by atoms with Gasteiger partial charge in [0, 0.05) is 11.4 Å². The van der Waals surface area contributed by atoms with Crippen LogP contribution in [-0.2, 0) is 13.0 Å². The maximum Gasteiger partial charge on any atom is 0.261 e. The van der Waals surface area contributed by atoms with E-state index < -0.39 is 0 Å². The molecule has 0 saturated carbocycles. The molecule has 0 amide bonds. The quantitative estimate of drug-likeness (QED) is 0.740. The number of hydrogen-bond acceptors (Lipinski definition) is 5. The lowest BCUT2D eigenvalue weighted by atomic mass is 10.2. The van der Waals surface area contributed by atoms with Crippen LogP contribution in [0.4, 0.5) is 0 Å². The molecular weight excluding hydrogens is 315 g/mol. The number of rotatable bonds is 3. The molecule has 0 aliphatic heterocycles. The summed E-state index contributed by atoms with van der Waals surface area (Å²) in [5.74, 6) is 0.876. The molecule has 0 N–H and O–H groups in total. The molecule has 0 saturated heterocycles. The molecule has 0 spiro atoms. The number of halogens is 2. The summed E-state index contributed by atoms with van der Waals surface area (Å²) in [5.41, 5.74) is 0.155. The molecule has 0 aliphatic carbocycles. The average Bonchev–Trinajstić information content (AvgIpc) is 2.90. The third-order valence-electron chi connectivity index (χ3n) is 2.96. The van der Waals surface area contributed by atoms with Crippen molar-refractivity contribution in [3.8, 4) is 0 Å². The molecule has 6 nitrogen and oxygen atoms in total. The molecule has 0 atom stereocenters. The van der Waals surface area contributed by atoms with Gasteiger partial charge in [-0.1, -0.05) is 30.1 Å². The summed E-state index contributed by atoms with van der Waals surface area (Å²) in [6.45, 7) is 2.06. The zero-order chi connectivity index (χ0) is 15.0. The summed E-state index contributed by atoms with van der Waals surface area (Å²) in [7, 11) is 0. The average molecular weight is 325 g/mol. The highest BCUT2D eigenvalue weighted by Gasteiger charge is 2.11. The number of fused-ring (bicyclic) bond motifs is 1. The van der Waals surface area contributed by atoms with E-state index in [4.69, 9.17) is 27.6 Å². The van der Waals surface area contributed by atoms with Crippen LogP contribution in [0, 0.1) is 0 Å². The van der Waals surface area contributed by atoms with Crippen LogP contribution >= 0.6 is 23.2 Å². The topological polar surface area (TPSA) is 73.8 Å². The standard InChI is InChI=1S/C13H10Cl2N4O2/c1-2-10-17-18-11(21-10)5-19-6-16-12-8(13(19)20)3-7(14)4-9(12)15/h3-4,6H,2,5H2,1H3. The molecule has 0 fully saturated rings. The van der Waals surface area contributed by atoms with Gasteiger partial charge in [-0.2, -0.15) is 0 Å². The van der Waals surface area contributed by atoms with E-state index in [1.54, 1.807) is 12.1 Å². The third kappa shape index (κ3) is 2.64. The third-order valence-corrected chi connectivity index (χ3v) is 3.47. The van der Waals surface area contributed by atoms with Gasteiger partial charge in [0.1, 0.15) is 6.54 Å². The van der Waals surface area contributed by atoms with Crippen molar-refractivity contribution in [2.45, 2.75) is 19.9 Å². The van der Waals surface area contributed by atoms with Gasteiger partial charge in [0.25, 0.3) is 5.56 Å². The first-order valence-corrected chi connectivity index (χ1v) is 6.99. The molecule has 21 heavy (non-hydrogen) atoms. The molecule has 0 aliphatic rings.